The zero-order valence-electron chi connectivity index (χ0n) is 9.17. The number of rotatable bonds is 1. The first-order valence-electron chi connectivity index (χ1n) is 5.47. The molecule has 1 N–H and O–H groups in total. The van der Waals surface area contributed by atoms with E-state index in [0.717, 1.165) is 17.9 Å². The third-order valence-electron chi connectivity index (χ3n) is 2.84. The van der Waals surface area contributed by atoms with Crippen molar-refractivity contribution in [3.8, 4) is 0 Å². The number of hydrogen-bond donors (Lipinski definition) is 1. The van der Waals surface area contributed by atoms with Gasteiger partial charge in [-0.1, -0.05) is 13.0 Å². The van der Waals surface area contributed by atoms with Crippen molar-refractivity contribution in [3.63, 3.8) is 0 Å². The molecule has 1 aliphatic rings. The fourth-order valence-electron chi connectivity index (χ4n) is 1.81. The van der Waals surface area contributed by atoms with E-state index < -0.39 is 0 Å². The van der Waals surface area contributed by atoms with Gasteiger partial charge in [-0.25, -0.2) is 4.39 Å². The standard InChI is InChI=1S/C12H15BrFNS/c1-8-4-5-15-12(7-16-8)9-2-3-11(14)10(13)6-9/h2-3,6,8,12,15H,4-5,7H2,1H3. The molecule has 1 saturated heterocycles. The summed E-state index contributed by atoms with van der Waals surface area (Å²) in [5, 5.41) is 4.22. The summed E-state index contributed by atoms with van der Waals surface area (Å²) in [5.41, 5.74) is 1.16. The highest BCUT2D eigenvalue weighted by atomic mass is 79.9. The van der Waals surface area contributed by atoms with Crippen molar-refractivity contribution in [2.45, 2.75) is 24.6 Å². The second-order valence-electron chi connectivity index (χ2n) is 4.11. The minimum Gasteiger partial charge on any atom is -0.309 e. The summed E-state index contributed by atoms with van der Waals surface area (Å²) in [7, 11) is 0. The van der Waals surface area contributed by atoms with Crippen LogP contribution in [0.3, 0.4) is 0 Å². The molecule has 2 atom stereocenters. The maximum atomic E-state index is 13.1. The van der Waals surface area contributed by atoms with E-state index >= 15 is 0 Å². The van der Waals surface area contributed by atoms with Gasteiger partial charge in [0, 0.05) is 17.0 Å². The maximum Gasteiger partial charge on any atom is 0.137 e. The van der Waals surface area contributed by atoms with Gasteiger partial charge in [-0.05, 0) is 46.6 Å². The van der Waals surface area contributed by atoms with E-state index in [9.17, 15) is 4.39 Å². The Kier molecular flexibility index (Phi) is 4.27. The Balaban J connectivity index is 2.13. The molecule has 0 bridgehead atoms. The smallest absolute Gasteiger partial charge is 0.137 e. The Morgan fingerprint density at radius 2 is 2.31 bits per heavy atom. The zero-order valence-corrected chi connectivity index (χ0v) is 11.6. The lowest BCUT2D eigenvalue weighted by Gasteiger charge is -2.16. The lowest BCUT2D eigenvalue weighted by molar-refractivity contribution is 0.574. The van der Waals surface area contributed by atoms with Gasteiger partial charge in [0.25, 0.3) is 0 Å². The number of benzene rings is 1. The number of halogens is 2. The van der Waals surface area contributed by atoms with Crippen LogP contribution in [-0.4, -0.2) is 17.5 Å². The van der Waals surface area contributed by atoms with Crippen LogP contribution in [0.25, 0.3) is 0 Å². The molecule has 1 heterocycles. The zero-order chi connectivity index (χ0) is 11.5. The summed E-state index contributed by atoms with van der Waals surface area (Å²) in [6.07, 6.45) is 1.20. The predicted molar refractivity (Wildman–Crippen MR) is 71.4 cm³/mol. The molecule has 0 aliphatic carbocycles. The van der Waals surface area contributed by atoms with Crippen LogP contribution < -0.4 is 5.32 Å². The van der Waals surface area contributed by atoms with Crippen LogP contribution in [-0.2, 0) is 0 Å². The van der Waals surface area contributed by atoms with Crippen LogP contribution in [0, 0.1) is 5.82 Å². The molecule has 0 spiro atoms. The number of nitrogens with one attached hydrogen (secondary N) is 1. The first-order chi connectivity index (χ1) is 7.66. The van der Waals surface area contributed by atoms with Crippen LogP contribution in [0.1, 0.15) is 24.9 Å². The number of thioether (sulfide) groups is 1. The van der Waals surface area contributed by atoms with E-state index in [-0.39, 0.29) is 5.82 Å². The van der Waals surface area contributed by atoms with Gasteiger partial charge in [0.1, 0.15) is 5.82 Å². The van der Waals surface area contributed by atoms with Crippen molar-refractivity contribution >= 4 is 27.7 Å². The summed E-state index contributed by atoms with van der Waals surface area (Å²) in [6, 6.07) is 5.62. The summed E-state index contributed by atoms with van der Waals surface area (Å²) in [6.45, 7) is 3.29. The van der Waals surface area contributed by atoms with Crippen molar-refractivity contribution in [1.82, 2.24) is 5.32 Å². The van der Waals surface area contributed by atoms with Gasteiger partial charge in [-0.3, -0.25) is 0 Å². The van der Waals surface area contributed by atoms with Crippen LogP contribution >= 0.6 is 27.7 Å². The molecule has 2 unspecified atom stereocenters. The molecule has 0 aromatic heterocycles. The van der Waals surface area contributed by atoms with Crippen molar-refractivity contribution in [1.29, 1.82) is 0 Å². The molecule has 16 heavy (non-hydrogen) atoms. The third kappa shape index (κ3) is 2.99. The lowest BCUT2D eigenvalue weighted by atomic mass is 10.1. The summed E-state index contributed by atoms with van der Waals surface area (Å²) in [5.74, 6) is 0.859. The molecule has 1 aromatic carbocycles. The predicted octanol–water partition coefficient (Wildman–Crippen LogP) is 3.74. The highest BCUT2D eigenvalue weighted by Gasteiger charge is 2.18. The Morgan fingerprint density at radius 3 is 3.06 bits per heavy atom. The average molecular weight is 304 g/mol. The van der Waals surface area contributed by atoms with Gasteiger partial charge in [-0.15, -0.1) is 0 Å². The number of hydrogen-bond acceptors (Lipinski definition) is 2. The van der Waals surface area contributed by atoms with Crippen LogP contribution in [0.2, 0.25) is 0 Å². The Hall–Kier alpha value is -0.0600. The van der Waals surface area contributed by atoms with E-state index in [0.29, 0.717) is 15.8 Å². The Morgan fingerprint density at radius 1 is 1.50 bits per heavy atom. The molecule has 88 valence electrons. The van der Waals surface area contributed by atoms with Gasteiger partial charge >= 0.3 is 0 Å². The van der Waals surface area contributed by atoms with Crippen molar-refractivity contribution in [2.24, 2.45) is 0 Å². The molecule has 0 radical (unpaired) electrons. The Labute approximate surface area is 108 Å². The minimum absolute atomic E-state index is 0.196. The highest BCUT2D eigenvalue weighted by molar-refractivity contribution is 9.10. The van der Waals surface area contributed by atoms with E-state index in [2.05, 4.69) is 28.2 Å². The first-order valence-corrected chi connectivity index (χ1v) is 7.31. The molecule has 4 heteroatoms. The van der Waals surface area contributed by atoms with E-state index in [1.165, 1.54) is 12.5 Å². The Bertz CT molecular complexity index is 372. The summed E-state index contributed by atoms with van der Waals surface area (Å²) < 4.78 is 13.7. The fourth-order valence-corrected chi connectivity index (χ4v) is 3.32. The summed E-state index contributed by atoms with van der Waals surface area (Å²) in [4.78, 5) is 0. The average Bonchev–Trinajstić information content (AvgIpc) is 2.47. The van der Waals surface area contributed by atoms with Crippen LogP contribution in [0.15, 0.2) is 22.7 Å². The van der Waals surface area contributed by atoms with Gasteiger partial charge in [0.15, 0.2) is 0 Å². The van der Waals surface area contributed by atoms with Gasteiger partial charge in [-0.2, -0.15) is 11.8 Å². The summed E-state index contributed by atoms with van der Waals surface area (Å²) >= 11 is 5.21. The molecule has 0 saturated carbocycles. The third-order valence-corrected chi connectivity index (χ3v) is 4.77. The van der Waals surface area contributed by atoms with Crippen LogP contribution in [0.5, 0.6) is 0 Å². The van der Waals surface area contributed by atoms with Crippen molar-refractivity contribution < 1.29 is 4.39 Å². The van der Waals surface area contributed by atoms with Gasteiger partial charge < -0.3 is 5.32 Å². The topological polar surface area (TPSA) is 12.0 Å². The maximum absolute atomic E-state index is 13.1. The van der Waals surface area contributed by atoms with Gasteiger partial charge in [0.2, 0.25) is 0 Å². The molecule has 1 fully saturated rings. The molecule has 1 aromatic rings. The van der Waals surface area contributed by atoms with Crippen molar-refractivity contribution in [3.05, 3.63) is 34.1 Å². The monoisotopic (exact) mass is 303 g/mol. The lowest BCUT2D eigenvalue weighted by Crippen LogP contribution is -2.22. The second-order valence-corrected chi connectivity index (χ2v) is 6.44. The largest absolute Gasteiger partial charge is 0.309 e. The molecule has 1 aliphatic heterocycles. The van der Waals surface area contributed by atoms with E-state index in [1.807, 2.05) is 23.9 Å². The van der Waals surface area contributed by atoms with Gasteiger partial charge in [0.05, 0.1) is 4.47 Å². The highest BCUT2D eigenvalue weighted by Crippen LogP contribution is 2.28. The minimum atomic E-state index is -0.196. The molecule has 0 amide bonds. The first kappa shape index (κ1) is 12.4. The van der Waals surface area contributed by atoms with Crippen LogP contribution in [0.4, 0.5) is 4.39 Å². The SMILES string of the molecule is CC1CCNC(c2ccc(F)c(Br)c2)CS1. The second kappa shape index (κ2) is 5.52. The quantitative estimate of drug-likeness (QED) is 0.848. The van der Waals surface area contributed by atoms with Crippen molar-refractivity contribution in [2.75, 3.05) is 12.3 Å². The fraction of sp³-hybridized carbons (Fsp3) is 0.500. The molecular formula is C12H15BrFNS. The normalized spacial score (nSPS) is 26.4. The molecular weight excluding hydrogens is 289 g/mol. The molecule has 2 rings (SSSR count). The van der Waals surface area contributed by atoms with E-state index in [1.54, 1.807) is 0 Å². The van der Waals surface area contributed by atoms with E-state index in [4.69, 9.17) is 0 Å². The molecule has 1 nitrogen and oxygen atoms in total.